The van der Waals surface area contributed by atoms with E-state index in [2.05, 4.69) is 17.1 Å². The molecule has 1 atom stereocenters. The molecule has 3 nitrogen and oxygen atoms in total. The van der Waals surface area contributed by atoms with E-state index in [1.165, 1.54) is 38.5 Å². The Morgan fingerprint density at radius 3 is 2.50 bits per heavy atom. The Labute approximate surface area is 122 Å². The smallest absolute Gasteiger partial charge is 0.267 e. The minimum Gasteiger partial charge on any atom is -0.267 e. The fourth-order valence-corrected chi connectivity index (χ4v) is 3.22. The second-order valence-corrected chi connectivity index (χ2v) is 5.95. The lowest BCUT2D eigenvalue weighted by Crippen LogP contribution is -2.22. The first-order chi connectivity index (χ1) is 9.74. The molecule has 3 heteroatoms. The van der Waals surface area contributed by atoms with Gasteiger partial charge < -0.3 is 0 Å². The van der Waals surface area contributed by atoms with Crippen molar-refractivity contribution >= 4 is 11.6 Å². The number of hydrogen-bond acceptors (Lipinski definition) is 2. The van der Waals surface area contributed by atoms with Gasteiger partial charge in [0.1, 0.15) is 0 Å². The Hall–Kier alpha value is -1.38. The van der Waals surface area contributed by atoms with Gasteiger partial charge >= 0.3 is 0 Å². The van der Waals surface area contributed by atoms with Gasteiger partial charge in [0.2, 0.25) is 0 Å². The molecule has 0 aliphatic heterocycles. The number of hydrazone groups is 1. The predicted octanol–water partition coefficient (Wildman–Crippen LogP) is 3.97. The summed E-state index contributed by atoms with van der Waals surface area (Å²) in [6.07, 6.45) is 13.5. The zero-order chi connectivity index (χ0) is 14.4. The molecule has 2 rings (SSSR count). The Kier molecular flexibility index (Phi) is 5.57. The largest absolute Gasteiger partial charge is 0.271 e. The topological polar surface area (TPSA) is 41.5 Å². The average Bonchev–Trinajstić information content (AvgIpc) is 2.62. The second-order valence-electron chi connectivity index (χ2n) is 5.95. The van der Waals surface area contributed by atoms with Crippen molar-refractivity contribution in [2.24, 2.45) is 16.9 Å². The van der Waals surface area contributed by atoms with E-state index in [-0.39, 0.29) is 5.91 Å². The van der Waals surface area contributed by atoms with Crippen LogP contribution in [0.3, 0.4) is 0 Å². The molecule has 1 unspecified atom stereocenters. The number of nitrogens with one attached hydrogen (secondary N) is 1. The number of rotatable bonds is 4. The van der Waals surface area contributed by atoms with Gasteiger partial charge in [-0.3, -0.25) is 4.79 Å². The molecule has 110 valence electrons. The zero-order valence-electron chi connectivity index (χ0n) is 12.5. The van der Waals surface area contributed by atoms with Crippen LogP contribution < -0.4 is 5.43 Å². The molecule has 0 aromatic carbocycles. The molecule has 0 radical (unpaired) electrons. The minimum atomic E-state index is -0.158. The fraction of sp³-hybridized carbons (Fsp3) is 0.647. The maximum absolute atomic E-state index is 11.8. The summed E-state index contributed by atoms with van der Waals surface area (Å²) in [6, 6.07) is 0. The number of hydrogen-bond donors (Lipinski definition) is 1. The first kappa shape index (κ1) is 15.0. The monoisotopic (exact) mass is 274 g/mol. The summed E-state index contributed by atoms with van der Waals surface area (Å²) >= 11 is 0. The molecule has 0 heterocycles. The minimum absolute atomic E-state index is 0.158. The number of carbonyl (C=O) groups is 1. The second kappa shape index (κ2) is 7.41. The molecular weight excluding hydrogens is 248 g/mol. The Balaban J connectivity index is 1.84. The molecule has 1 amide bonds. The van der Waals surface area contributed by atoms with Gasteiger partial charge in [-0.05, 0) is 50.9 Å². The maximum Gasteiger partial charge on any atom is 0.271 e. The summed E-state index contributed by atoms with van der Waals surface area (Å²) in [5.74, 6) is 1.71. The van der Waals surface area contributed by atoms with Crippen molar-refractivity contribution in [1.82, 2.24) is 5.43 Å². The van der Waals surface area contributed by atoms with Gasteiger partial charge in [-0.25, -0.2) is 5.43 Å². The number of allylic oxidation sites excluding steroid dienone is 1. The molecule has 2 aliphatic rings. The lowest BCUT2D eigenvalue weighted by molar-refractivity contribution is -0.117. The molecule has 0 spiro atoms. The third kappa shape index (κ3) is 3.81. The lowest BCUT2D eigenvalue weighted by Gasteiger charge is -2.33. The third-order valence-corrected chi connectivity index (χ3v) is 4.77. The maximum atomic E-state index is 11.8. The Morgan fingerprint density at radius 1 is 1.20 bits per heavy atom. The summed E-state index contributed by atoms with van der Waals surface area (Å²) < 4.78 is 0. The van der Waals surface area contributed by atoms with Crippen LogP contribution in [0.1, 0.15) is 58.3 Å². The summed E-state index contributed by atoms with van der Waals surface area (Å²) in [6.45, 7) is 5.46. The van der Waals surface area contributed by atoms with Gasteiger partial charge in [-0.2, -0.15) is 5.10 Å². The van der Waals surface area contributed by atoms with Crippen molar-refractivity contribution in [3.05, 3.63) is 24.3 Å². The van der Waals surface area contributed by atoms with Crippen LogP contribution in [0.2, 0.25) is 0 Å². The van der Waals surface area contributed by atoms with E-state index in [0.717, 1.165) is 30.4 Å². The van der Waals surface area contributed by atoms with Gasteiger partial charge in [0.05, 0.1) is 0 Å². The lowest BCUT2D eigenvalue weighted by atomic mass is 9.73. The van der Waals surface area contributed by atoms with Gasteiger partial charge in [0.15, 0.2) is 0 Å². The van der Waals surface area contributed by atoms with E-state index in [1.54, 1.807) is 12.2 Å². The molecule has 20 heavy (non-hydrogen) atoms. The van der Waals surface area contributed by atoms with E-state index < -0.39 is 0 Å². The quantitative estimate of drug-likeness (QED) is 0.358. The van der Waals surface area contributed by atoms with Crippen molar-refractivity contribution in [2.45, 2.75) is 58.3 Å². The highest BCUT2D eigenvalue weighted by atomic mass is 16.2. The van der Waals surface area contributed by atoms with Crippen LogP contribution >= 0.6 is 0 Å². The van der Waals surface area contributed by atoms with Crippen molar-refractivity contribution in [1.29, 1.82) is 0 Å². The van der Waals surface area contributed by atoms with Crippen LogP contribution in [0.5, 0.6) is 0 Å². The van der Waals surface area contributed by atoms with Crippen molar-refractivity contribution < 1.29 is 4.79 Å². The highest BCUT2D eigenvalue weighted by Gasteiger charge is 2.28. The number of carbonyl (C=O) groups excluding carboxylic acids is 1. The molecular formula is C17H26N2O. The van der Waals surface area contributed by atoms with Crippen LogP contribution in [0.15, 0.2) is 29.4 Å². The number of amides is 1. The normalized spacial score (nSPS) is 26.8. The van der Waals surface area contributed by atoms with Gasteiger partial charge in [0, 0.05) is 11.3 Å². The summed E-state index contributed by atoms with van der Waals surface area (Å²) in [4.78, 5) is 11.8. The Bertz CT molecular complexity index is 419. The zero-order valence-corrected chi connectivity index (χ0v) is 12.5. The van der Waals surface area contributed by atoms with Crippen molar-refractivity contribution in [3.8, 4) is 0 Å². The average molecular weight is 274 g/mol. The van der Waals surface area contributed by atoms with Gasteiger partial charge in [-0.15, -0.1) is 0 Å². The highest BCUT2D eigenvalue weighted by Crippen LogP contribution is 2.39. The molecule has 2 aliphatic carbocycles. The summed E-state index contributed by atoms with van der Waals surface area (Å²) in [5.41, 5.74) is 4.40. The van der Waals surface area contributed by atoms with Gasteiger partial charge in [-0.1, -0.05) is 38.0 Å². The van der Waals surface area contributed by atoms with E-state index in [9.17, 15) is 4.79 Å². The molecule has 1 N–H and O–H groups in total. The van der Waals surface area contributed by atoms with Crippen molar-refractivity contribution in [3.63, 3.8) is 0 Å². The van der Waals surface area contributed by atoms with Crippen LogP contribution in [0.4, 0.5) is 0 Å². The fourth-order valence-electron chi connectivity index (χ4n) is 3.22. The Morgan fingerprint density at radius 2 is 1.90 bits per heavy atom. The van der Waals surface area contributed by atoms with Crippen LogP contribution in [-0.2, 0) is 4.79 Å². The number of nitrogens with zero attached hydrogens (tertiary/aromatic N) is 1. The molecule has 0 aromatic rings. The molecule has 0 bridgehead atoms. The van der Waals surface area contributed by atoms with E-state index >= 15 is 0 Å². The van der Waals surface area contributed by atoms with E-state index in [1.807, 2.05) is 6.92 Å². The van der Waals surface area contributed by atoms with Crippen LogP contribution in [0, 0.1) is 11.8 Å². The van der Waals surface area contributed by atoms with Crippen LogP contribution in [-0.4, -0.2) is 11.6 Å². The molecule has 2 saturated carbocycles. The van der Waals surface area contributed by atoms with E-state index in [0.29, 0.717) is 5.57 Å². The first-order valence-corrected chi connectivity index (χ1v) is 7.89. The molecule has 0 saturated heterocycles. The van der Waals surface area contributed by atoms with Crippen molar-refractivity contribution in [2.75, 3.05) is 0 Å². The van der Waals surface area contributed by atoms with Crippen LogP contribution in [0.25, 0.3) is 0 Å². The summed E-state index contributed by atoms with van der Waals surface area (Å²) in [7, 11) is 0. The third-order valence-electron chi connectivity index (χ3n) is 4.77. The van der Waals surface area contributed by atoms with E-state index in [4.69, 9.17) is 0 Å². The first-order valence-electron chi connectivity index (χ1n) is 7.89. The molecule has 0 aromatic heterocycles. The SMILES string of the molecule is C=C/C(=C\C)C(=O)N/N=C1/CCCC(C2CCC2)CC1. The predicted molar refractivity (Wildman–Crippen MR) is 83.4 cm³/mol. The van der Waals surface area contributed by atoms with Gasteiger partial charge in [0.25, 0.3) is 5.91 Å². The standard InChI is InChI=1S/C17H26N2O/c1-3-13(4-2)17(20)19-18-16-10-6-9-15(11-12-16)14-7-5-8-14/h3-4,14-15H,1,5-12H2,2H3,(H,19,20)/b13-4+,18-16-. The highest BCUT2D eigenvalue weighted by molar-refractivity contribution is 5.97. The molecule has 2 fully saturated rings. The summed E-state index contributed by atoms with van der Waals surface area (Å²) in [5, 5.41) is 4.33.